The third-order valence-electron chi connectivity index (χ3n) is 6.83. The van der Waals surface area contributed by atoms with Gasteiger partial charge in [0.1, 0.15) is 0 Å². The molecule has 5 rings (SSSR count). The van der Waals surface area contributed by atoms with Crippen LogP contribution in [0.15, 0.2) is 51.8 Å². The van der Waals surface area contributed by atoms with Gasteiger partial charge in [-0.25, -0.2) is 13.4 Å². The molecule has 0 saturated carbocycles. The lowest BCUT2D eigenvalue weighted by Crippen LogP contribution is -2.39. The van der Waals surface area contributed by atoms with Gasteiger partial charge in [0, 0.05) is 49.3 Å². The largest absolute Gasteiger partial charge is 0.379 e. The number of morpholine rings is 1. The molecular weight excluding hydrogens is 576 g/mol. The van der Waals surface area contributed by atoms with Crippen molar-refractivity contribution < 1.29 is 17.9 Å². The summed E-state index contributed by atoms with van der Waals surface area (Å²) in [5.74, 6) is -0.179. The van der Waals surface area contributed by atoms with Crippen LogP contribution in [0.25, 0.3) is 10.2 Å². The lowest BCUT2D eigenvalue weighted by molar-refractivity contribution is 0.0376. The van der Waals surface area contributed by atoms with Crippen molar-refractivity contribution in [2.75, 3.05) is 57.4 Å². The van der Waals surface area contributed by atoms with Crippen LogP contribution < -0.4 is 4.90 Å². The Bertz CT molecular complexity index is 1330. The van der Waals surface area contributed by atoms with Gasteiger partial charge in [-0.05, 0) is 61.7 Å². The number of rotatable bonds is 8. The van der Waals surface area contributed by atoms with Gasteiger partial charge < -0.3 is 4.74 Å². The molecule has 8 nitrogen and oxygen atoms in total. The SMILES string of the molecule is O=C(c1ccc(S(=O)(=O)N2CCCCC2)cc1)N(CCCN1CCOCC1)c1nc2ccc(Br)cc2s1. The fourth-order valence-corrected chi connectivity index (χ4v) is 7.80. The fourth-order valence-electron chi connectivity index (χ4n) is 4.74. The first-order valence-corrected chi connectivity index (χ1v) is 15.7. The second kappa shape index (κ2) is 11.9. The molecule has 2 aliphatic rings. The molecule has 11 heteroatoms. The quantitative estimate of drug-likeness (QED) is 0.372. The minimum absolute atomic E-state index is 0.179. The second-order valence-electron chi connectivity index (χ2n) is 9.36. The number of piperidine rings is 1. The zero-order valence-electron chi connectivity index (χ0n) is 20.6. The molecule has 3 aromatic rings. The zero-order valence-corrected chi connectivity index (χ0v) is 23.9. The predicted octanol–water partition coefficient (Wildman–Crippen LogP) is 4.60. The van der Waals surface area contributed by atoms with Crippen molar-refractivity contribution in [2.45, 2.75) is 30.6 Å². The molecule has 0 unspecified atom stereocenters. The van der Waals surface area contributed by atoms with Crippen LogP contribution in [0.1, 0.15) is 36.0 Å². The van der Waals surface area contributed by atoms with E-state index >= 15 is 0 Å². The van der Waals surface area contributed by atoms with Gasteiger partial charge in [-0.3, -0.25) is 14.6 Å². The van der Waals surface area contributed by atoms with Gasteiger partial charge in [0.2, 0.25) is 10.0 Å². The van der Waals surface area contributed by atoms with Gasteiger partial charge in [-0.15, -0.1) is 0 Å². The van der Waals surface area contributed by atoms with Crippen LogP contribution in [0.4, 0.5) is 5.13 Å². The van der Waals surface area contributed by atoms with Crippen LogP contribution in [0.2, 0.25) is 0 Å². The minimum Gasteiger partial charge on any atom is -0.379 e. The molecular formula is C26H31BrN4O4S2. The van der Waals surface area contributed by atoms with Crippen molar-refractivity contribution in [3.8, 4) is 0 Å². The number of halogens is 1. The van der Waals surface area contributed by atoms with E-state index in [-0.39, 0.29) is 10.8 Å². The Kier molecular flexibility index (Phi) is 8.57. The normalized spacial score (nSPS) is 17.8. The van der Waals surface area contributed by atoms with Crippen molar-refractivity contribution in [1.29, 1.82) is 0 Å². The summed E-state index contributed by atoms with van der Waals surface area (Å²) >= 11 is 4.99. The van der Waals surface area contributed by atoms with Gasteiger partial charge >= 0.3 is 0 Å². The molecule has 2 aliphatic heterocycles. The summed E-state index contributed by atoms with van der Waals surface area (Å²) < 4.78 is 35.0. The van der Waals surface area contributed by atoms with E-state index < -0.39 is 10.0 Å². The highest BCUT2D eigenvalue weighted by molar-refractivity contribution is 9.10. The lowest BCUT2D eigenvalue weighted by atomic mass is 10.2. The monoisotopic (exact) mass is 606 g/mol. The molecule has 0 bridgehead atoms. The maximum atomic E-state index is 13.7. The molecule has 1 amide bonds. The highest BCUT2D eigenvalue weighted by Gasteiger charge is 2.27. The smallest absolute Gasteiger partial charge is 0.260 e. The zero-order chi connectivity index (χ0) is 25.8. The summed E-state index contributed by atoms with van der Waals surface area (Å²) in [5, 5.41) is 0.644. The number of carbonyl (C=O) groups excluding carboxylic acids is 1. The number of benzene rings is 2. The Hall–Kier alpha value is -1.89. The first kappa shape index (κ1) is 26.7. The van der Waals surface area contributed by atoms with Crippen molar-refractivity contribution >= 4 is 58.5 Å². The van der Waals surface area contributed by atoms with Gasteiger partial charge in [-0.2, -0.15) is 4.31 Å². The molecule has 3 heterocycles. The van der Waals surface area contributed by atoms with E-state index in [1.807, 2.05) is 18.2 Å². The predicted molar refractivity (Wildman–Crippen MR) is 150 cm³/mol. The molecule has 0 aliphatic carbocycles. The van der Waals surface area contributed by atoms with Crippen molar-refractivity contribution in [3.63, 3.8) is 0 Å². The minimum atomic E-state index is -3.55. The Morgan fingerprint density at radius 3 is 2.49 bits per heavy atom. The van der Waals surface area contributed by atoms with Gasteiger partial charge in [-0.1, -0.05) is 33.7 Å². The molecule has 2 saturated heterocycles. The molecule has 2 aromatic carbocycles. The molecule has 0 atom stereocenters. The van der Waals surface area contributed by atoms with Gasteiger partial charge in [0.15, 0.2) is 5.13 Å². The van der Waals surface area contributed by atoms with E-state index in [4.69, 9.17) is 9.72 Å². The van der Waals surface area contributed by atoms with Gasteiger partial charge in [0.25, 0.3) is 5.91 Å². The number of ether oxygens (including phenoxy) is 1. The number of sulfonamides is 1. The number of nitrogens with zero attached hydrogens (tertiary/aromatic N) is 4. The summed E-state index contributed by atoms with van der Waals surface area (Å²) in [6, 6.07) is 12.2. The van der Waals surface area contributed by atoms with Crippen LogP contribution in [-0.4, -0.2) is 81.0 Å². The summed E-state index contributed by atoms with van der Waals surface area (Å²) in [5.41, 5.74) is 1.29. The summed E-state index contributed by atoms with van der Waals surface area (Å²) in [4.78, 5) is 22.8. The average molecular weight is 608 g/mol. The lowest BCUT2D eigenvalue weighted by Gasteiger charge is -2.28. The van der Waals surface area contributed by atoms with Crippen LogP contribution >= 0.6 is 27.3 Å². The molecule has 0 radical (unpaired) electrons. The van der Waals surface area contributed by atoms with Crippen LogP contribution in [0, 0.1) is 0 Å². The molecule has 0 N–H and O–H groups in total. The molecule has 198 valence electrons. The number of thiazole rings is 1. The average Bonchev–Trinajstić information content (AvgIpc) is 3.34. The molecule has 2 fully saturated rings. The first-order valence-electron chi connectivity index (χ1n) is 12.7. The summed E-state index contributed by atoms with van der Waals surface area (Å²) in [6.07, 6.45) is 3.62. The fraction of sp³-hybridized carbons (Fsp3) is 0.462. The van der Waals surface area contributed by atoms with Crippen molar-refractivity contribution in [1.82, 2.24) is 14.2 Å². The molecule has 0 spiro atoms. The summed E-state index contributed by atoms with van der Waals surface area (Å²) in [6.45, 7) is 5.76. The maximum Gasteiger partial charge on any atom is 0.260 e. The van der Waals surface area contributed by atoms with E-state index in [0.717, 1.165) is 73.2 Å². The van der Waals surface area contributed by atoms with E-state index in [2.05, 4.69) is 20.8 Å². The highest BCUT2D eigenvalue weighted by atomic mass is 79.9. The first-order chi connectivity index (χ1) is 17.9. The number of hydrogen-bond acceptors (Lipinski definition) is 7. The van der Waals surface area contributed by atoms with Crippen molar-refractivity contribution in [3.05, 3.63) is 52.5 Å². The van der Waals surface area contributed by atoms with Crippen molar-refractivity contribution in [2.24, 2.45) is 0 Å². The number of aromatic nitrogens is 1. The highest BCUT2D eigenvalue weighted by Crippen LogP contribution is 2.32. The maximum absolute atomic E-state index is 13.7. The van der Waals surface area contributed by atoms with E-state index in [0.29, 0.717) is 30.3 Å². The second-order valence-corrected chi connectivity index (χ2v) is 13.2. The van der Waals surface area contributed by atoms with Crippen LogP contribution in [-0.2, 0) is 14.8 Å². The van der Waals surface area contributed by atoms with Gasteiger partial charge in [0.05, 0.1) is 28.3 Å². The number of fused-ring (bicyclic) bond motifs is 1. The standard InChI is InChI=1S/C26H31BrN4O4S2/c27-21-7-10-23-24(19-21)36-26(28-23)31(14-4-11-29-15-17-35-18-16-29)25(32)20-5-8-22(9-6-20)37(33,34)30-12-2-1-3-13-30/h5-10,19H,1-4,11-18H2. The molecule has 1 aromatic heterocycles. The van der Waals surface area contributed by atoms with E-state index in [1.54, 1.807) is 33.5 Å². The third-order valence-corrected chi connectivity index (χ3v) is 10.3. The topological polar surface area (TPSA) is 83.1 Å². The molecule has 37 heavy (non-hydrogen) atoms. The Labute approximate surface area is 230 Å². The number of carbonyl (C=O) groups is 1. The number of anilines is 1. The number of hydrogen-bond donors (Lipinski definition) is 0. The Morgan fingerprint density at radius 1 is 1.03 bits per heavy atom. The van der Waals surface area contributed by atoms with E-state index in [1.165, 1.54) is 11.3 Å². The van der Waals surface area contributed by atoms with E-state index in [9.17, 15) is 13.2 Å². The Morgan fingerprint density at radius 2 is 1.76 bits per heavy atom. The number of amides is 1. The van der Waals surface area contributed by atoms with Crippen LogP contribution in [0.3, 0.4) is 0 Å². The van der Waals surface area contributed by atoms with Crippen LogP contribution in [0.5, 0.6) is 0 Å². The summed E-state index contributed by atoms with van der Waals surface area (Å²) in [7, 11) is -3.55. The third kappa shape index (κ3) is 6.23. The Balaban J connectivity index is 1.37.